The molecule has 5 nitrogen and oxygen atoms in total. The molecule has 1 aliphatic rings. The number of hydrogen-bond acceptors (Lipinski definition) is 4. The van der Waals surface area contributed by atoms with Crippen molar-refractivity contribution in [3.8, 4) is 6.07 Å². The SMILES string of the molecule is Cc1ccc(N2C(=O)[C@H](Cc3cc(Cl)ccc3Cl)S/C2=C(/C#N)C(=O)NCCc2ccccc2)cc1. The predicted molar refractivity (Wildman–Crippen MR) is 146 cm³/mol. The summed E-state index contributed by atoms with van der Waals surface area (Å²) in [7, 11) is 0. The number of aryl methyl sites for hydroxylation is 1. The molecule has 1 fully saturated rings. The summed E-state index contributed by atoms with van der Waals surface area (Å²) in [5.74, 6) is -0.734. The van der Waals surface area contributed by atoms with Gasteiger partial charge in [-0.1, -0.05) is 83.0 Å². The van der Waals surface area contributed by atoms with Crippen LogP contribution >= 0.6 is 35.0 Å². The molecule has 0 aliphatic carbocycles. The maximum atomic E-state index is 13.6. The summed E-state index contributed by atoms with van der Waals surface area (Å²) in [6.45, 7) is 2.32. The van der Waals surface area contributed by atoms with Crippen LogP contribution in [-0.2, 0) is 22.4 Å². The van der Waals surface area contributed by atoms with Gasteiger partial charge in [-0.3, -0.25) is 14.5 Å². The molecule has 1 heterocycles. The van der Waals surface area contributed by atoms with E-state index in [2.05, 4.69) is 5.32 Å². The van der Waals surface area contributed by atoms with Crippen molar-refractivity contribution in [3.63, 3.8) is 0 Å². The predicted octanol–water partition coefficient (Wildman–Crippen LogP) is 6.09. The van der Waals surface area contributed by atoms with Crippen molar-refractivity contribution < 1.29 is 9.59 Å². The van der Waals surface area contributed by atoms with Gasteiger partial charge in [0.1, 0.15) is 16.7 Å². The minimum atomic E-state index is -0.572. The lowest BCUT2D eigenvalue weighted by Gasteiger charge is -2.19. The second-order valence-corrected chi connectivity index (χ2v) is 10.4. The average Bonchev–Trinajstić information content (AvgIpc) is 3.18. The van der Waals surface area contributed by atoms with Gasteiger partial charge in [-0.05, 0) is 61.2 Å². The van der Waals surface area contributed by atoms with Crippen molar-refractivity contribution in [2.24, 2.45) is 0 Å². The minimum absolute atomic E-state index is 0.0957. The molecule has 0 saturated carbocycles. The summed E-state index contributed by atoms with van der Waals surface area (Å²) in [4.78, 5) is 28.1. The van der Waals surface area contributed by atoms with Crippen LogP contribution in [0.4, 0.5) is 5.69 Å². The lowest BCUT2D eigenvalue weighted by molar-refractivity contribution is -0.117. The van der Waals surface area contributed by atoms with E-state index in [1.807, 2.05) is 67.6 Å². The molecule has 3 aromatic carbocycles. The third-order valence-corrected chi connectivity index (χ3v) is 7.62. The average molecular weight is 536 g/mol. The van der Waals surface area contributed by atoms with Gasteiger partial charge in [0.2, 0.25) is 5.91 Å². The summed E-state index contributed by atoms with van der Waals surface area (Å²) in [5.41, 5.74) is 3.34. The Hall–Kier alpha value is -3.24. The molecule has 1 saturated heterocycles. The molecule has 2 amide bonds. The van der Waals surface area contributed by atoms with Crippen LogP contribution in [-0.4, -0.2) is 23.6 Å². The summed E-state index contributed by atoms with van der Waals surface area (Å²) in [5, 5.41) is 13.6. The highest BCUT2D eigenvalue weighted by Crippen LogP contribution is 2.42. The number of anilines is 1. The third-order valence-electron chi connectivity index (χ3n) is 5.75. The number of rotatable bonds is 7. The Labute approximate surface area is 224 Å². The van der Waals surface area contributed by atoms with Crippen LogP contribution in [0.3, 0.4) is 0 Å². The Bertz CT molecular complexity index is 1350. The monoisotopic (exact) mass is 535 g/mol. The quantitative estimate of drug-likeness (QED) is 0.293. The standard InChI is InChI=1S/C28H23Cl2N3O2S/c1-18-7-10-22(11-8-18)33-27(35)25(16-20-15-21(29)9-12-24(20)30)36-28(33)23(17-31)26(34)32-14-13-19-5-3-2-4-6-19/h2-12,15,25H,13-14,16H2,1H3,(H,32,34)/b28-23-/t25-/m0/s1. The molecular weight excluding hydrogens is 513 g/mol. The maximum absolute atomic E-state index is 13.6. The highest BCUT2D eigenvalue weighted by molar-refractivity contribution is 8.05. The Morgan fingerprint density at radius 3 is 2.50 bits per heavy atom. The molecule has 182 valence electrons. The second kappa shape index (κ2) is 11.7. The number of thioether (sulfide) groups is 1. The number of nitrogens with one attached hydrogen (secondary N) is 1. The van der Waals surface area contributed by atoms with Crippen molar-refractivity contribution in [1.29, 1.82) is 5.26 Å². The number of amides is 2. The molecule has 0 aromatic heterocycles. The largest absolute Gasteiger partial charge is 0.351 e. The molecule has 4 rings (SSSR count). The first-order valence-electron chi connectivity index (χ1n) is 11.3. The van der Waals surface area contributed by atoms with Gasteiger partial charge in [-0.25, -0.2) is 0 Å². The molecule has 0 unspecified atom stereocenters. The van der Waals surface area contributed by atoms with Crippen molar-refractivity contribution in [1.82, 2.24) is 5.32 Å². The summed E-state index contributed by atoms with van der Waals surface area (Å²) >= 11 is 13.7. The molecule has 0 spiro atoms. The zero-order valence-corrected chi connectivity index (χ0v) is 21.8. The van der Waals surface area contributed by atoms with Crippen LogP contribution < -0.4 is 10.2 Å². The zero-order valence-electron chi connectivity index (χ0n) is 19.5. The summed E-state index contributed by atoms with van der Waals surface area (Å²) < 4.78 is 0. The number of carbonyl (C=O) groups is 2. The normalized spacial score (nSPS) is 16.6. The fourth-order valence-corrected chi connectivity index (χ4v) is 5.55. The van der Waals surface area contributed by atoms with E-state index >= 15 is 0 Å². The van der Waals surface area contributed by atoms with Crippen LogP contribution in [0.25, 0.3) is 0 Å². The summed E-state index contributed by atoms with van der Waals surface area (Å²) in [6, 6.07) is 24.3. The zero-order chi connectivity index (χ0) is 25.7. The van der Waals surface area contributed by atoms with E-state index in [-0.39, 0.29) is 11.5 Å². The summed E-state index contributed by atoms with van der Waals surface area (Å²) in [6.07, 6.45) is 0.938. The van der Waals surface area contributed by atoms with Crippen LogP contribution in [0.1, 0.15) is 16.7 Å². The van der Waals surface area contributed by atoms with Gasteiger partial charge in [0.05, 0.1) is 5.25 Å². The molecule has 1 atom stereocenters. The van der Waals surface area contributed by atoms with Crippen LogP contribution in [0.15, 0.2) is 83.4 Å². The van der Waals surface area contributed by atoms with E-state index in [1.54, 1.807) is 18.2 Å². The van der Waals surface area contributed by atoms with Gasteiger partial charge >= 0.3 is 0 Å². The van der Waals surface area contributed by atoms with Crippen molar-refractivity contribution >= 4 is 52.5 Å². The van der Waals surface area contributed by atoms with Crippen molar-refractivity contribution in [2.45, 2.75) is 25.0 Å². The Morgan fingerprint density at radius 1 is 1.08 bits per heavy atom. The van der Waals surface area contributed by atoms with Crippen LogP contribution in [0, 0.1) is 18.3 Å². The van der Waals surface area contributed by atoms with E-state index < -0.39 is 11.2 Å². The van der Waals surface area contributed by atoms with E-state index in [0.717, 1.165) is 16.7 Å². The Balaban J connectivity index is 1.64. The van der Waals surface area contributed by atoms with Crippen LogP contribution in [0.2, 0.25) is 10.0 Å². The van der Waals surface area contributed by atoms with Crippen molar-refractivity contribution in [3.05, 3.63) is 110 Å². The van der Waals surface area contributed by atoms with Gasteiger partial charge in [-0.2, -0.15) is 5.26 Å². The van der Waals surface area contributed by atoms with Gasteiger partial charge in [0.25, 0.3) is 5.91 Å². The Morgan fingerprint density at radius 2 is 1.81 bits per heavy atom. The molecule has 1 N–H and O–H groups in total. The highest BCUT2D eigenvalue weighted by atomic mass is 35.5. The topological polar surface area (TPSA) is 73.2 Å². The lowest BCUT2D eigenvalue weighted by atomic mass is 10.1. The van der Waals surface area contributed by atoms with Gasteiger partial charge in [0, 0.05) is 22.3 Å². The van der Waals surface area contributed by atoms with Gasteiger partial charge in [0.15, 0.2) is 0 Å². The van der Waals surface area contributed by atoms with Gasteiger partial charge < -0.3 is 5.32 Å². The number of benzene rings is 3. The second-order valence-electron chi connectivity index (χ2n) is 8.34. The van der Waals surface area contributed by atoms with E-state index in [9.17, 15) is 14.9 Å². The third kappa shape index (κ3) is 5.93. The number of nitriles is 1. The Kier molecular flexibility index (Phi) is 8.37. The highest BCUT2D eigenvalue weighted by Gasteiger charge is 2.41. The number of nitrogens with zero attached hydrogens (tertiary/aromatic N) is 2. The first kappa shape index (κ1) is 25.8. The first-order valence-corrected chi connectivity index (χ1v) is 13.0. The van der Waals surface area contributed by atoms with E-state index in [0.29, 0.717) is 40.1 Å². The number of halogens is 2. The number of hydrogen-bond donors (Lipinski definition) is 1. The maximum Gasteiger partial charge on any atom is 0.264 e. The first-order chi connectivity index (χ1) is 17.4. The fourth-order valence-electron chi connectivity index (χ4n) is 3.87. The molecule has 36 heavy (non-hydrogen) atoms. The molecule has 3 aromatic rings. The molecule has 0 bridgehead atoms. The van der Waals surface area contributed by atoms with Crippen LogP contribution in [0.5, 0.6) is 0 Å². The molecule has 8 heteroatoms. The molecular formula is C28H23Cl2N3O2S. The van der Waals surface area contributed by atoms with E-state index in [4.69, 9.17) is 23.2 Å². The van der Waals surface area contributed by atoms with E-state index in [1.165, 1.54) is 16.7 Å². The minimum Gasteiger partial charge on any atom is -0.351 e. The van der Waals surface area contributed by atoms with Crippen molar-refractivity contribution in [2.75, 3.05) is 11.4 Å². The van der Waals surface area contributed by atoms with Gasteiger partial charge in [-0.15, -0.1) is 0 Å². The molecule has 1 aliphatic heterocycles. The molecule has 0 radical (unpaired) electrons. The fraction of sp³-hybridized carbons (Fsp3) is 0.179. The lowest BCUT2D eigenvalue weighted by Crippen LogP contribution is -2.32. The smallest absolute Gasteiger partial charge is 0.264 e. The number of carbonyl (C=O) groups excluding carboxylic acids is 2.